The molecule has 31 heavy (non-hydrogen) atoms. The minimum absolute atomic E-state index is 0.0961. The molecule has 2 aromatic carbocycles. The van der Waals surface area contributed by atoms with E-state index in [4.69, 9.17) is 25.5 Å². The fourth-order valence-electron chi connectivity index (χ4n) is 3.34. The van der Waals surface area contributed by atoms with Crippen molar-refractivity contribution in [2.75, 3.05) is 31.6 Å². The van der Waals surface area contributed by atoms with E-state index < -0.39 is 11.5 Å². The van der Waals surface area contributed by atoms with E-state index in [1.165, 1.54) is 0 Å². The molecule has 1 fully saturated rings. The third-order valence-corrected chi connectivity index (χ3v) is 5.31. The first-order valence-electron chi connectivity index (χ1n) is 10.00. The van der Waals surface area contributed by atoms with Crippen molar-refractivity contribution < 1.29 is 23.5 Å². The Labute approximate surface area is 184 Å². The van der Waals surface area contributed by atoms with Crippen LogP contribution in [0.1, 0.15) is 24.4 Å². The summed E-state index contributed by atoms with van der Waals surface area (Å²) < 4.78 is 17.1. The molecule has 8 heteroatoms. The molecule has 7 nitrogen and oxygen atoms in total. The summed E-state index contributed by atoms with van der Waals surface area (Å²) in [6.07, 6.45) is 0. The number of furan rings is 1. The normalized spacial score (nSPS) is 14.5. The first-order chi connectivity index (χ1) is 14.8. The standard InChI is InChI=1S/C23H23ClN2O5/c1-23(2,31-16-9-7-15(24)8-10-16)22(28)25-19-17-5-3-4-6-18(17)30-20(19)21(27)26-11-13-29-14-12-26/h3-10H,11-14H2,1-2H3,(H,25,28). The minimum Gasteiger partial charge on any atom is -0.478 e. The molecular formula is C23H23ClN2O5. The molecule has 0 bridgehead atoms. The second kappa shape index (κ2) is 8.61. The van der Waals surface area contributed by atoms with Gasteiger partial charge in [0.05, 0.1) is 13.2 Å². The van der Waals surface area contributed by atoms with Crippen LogP contribution in [0.4, 0.5) is 5.69 Å². The van der Waals surface area contributed by atoms with Gasteiger partial charge in [-0.2, -0.15) is 0 Å². The number of carbonyl (C=O) groups excluding carboxylic acids is 2. The number of hydrogen-bond acceptors (Lipinski definition) is 5. The van der Waals surface area contributed by atoms with Gasteiger partial charge in [-0.3, -0.25) is 9.59 Å². The van der Waals surface area contributed by atoms with Gasteiger partial charge in [-0.15, -0.1) is 0 Å². The number of benzene rings is 2. The number of morpholine rings is 1. The van der Waals surface area contributed by atoms with Gasteiger partial charge in [0.15, 0.2) is 5.60 Å². The van der Waals surface area contributed by atoms with Crippen LogP contribution in [0.3, 0.4) is 0 Å². The Bertz CT molecular complexity index is 1100. The molecule has 2 amide bonds. The first kappa shape index (κ1) is 21.2. The zero-order chi connectivity index (χ0) is 22.0. The third-order valence-electron chi connectivity index (χ3n) is 5.06. The molecule has 0 radical (unpaired) electrons. The van der Waals surface area contributed by atoms with E-state index in [1.807, 2.05) is 12.1 Å². The lowest BCUT2D eigenvalue weighted by Crippen LogP contribution is -2.43. The number of fused-ring (bicyclic) bond motifs is 1. The van der Waals surface area contributed by atoms with E-state index in [0.717, 1.165) is 0 Å². The average molecular weight is 443 g/mol. The van der Waals surface area contributed by atoms with Crippen LogP contribution in [0, 0.1) is 0 Å². The highest BCUT2D eigenvalue weighted by atomic mass is 35.5. The lowest BCUT2D eigenvalue weighted by Gasteiger charge is -2.27. The molecule has 1 saturated heterocycles. The number of halogens is 1. The molecule has 0 atom stereocenters. The minimum atomic E-state index is -1.22. The molecule has 1 aromatic heterocycles. The highest BCUT2D eigenvalue weighted by molar-refractivity contribution is 6.30. The summed E-state index contributed by atoms with van der Waals surface area (Å²) in [5.74, 6) is -0.0961. The monoisotopic (exact) mass is 442 g/mol. The van der Waals surface area contributed by atoms with Gasteiger partial charge in [-0.05, 0) is 50.2 Å². The lowest BCUT2D eigenvalue weighted by atomic mass is 10.1. The van der Waals surface area contributed by atoms with Gasteiger partial charge in [0, 0.05) is 23.5 Å². The second-order valence-corrected chi connectivity index (χ2v) is 8.16. The van der Waals surface area contributed by atoms with Gasteiger partial charge in [0.2, 0.25) is 5.76 Å². The van der Waals surface area contributed by atoms with Crippen molar-refractivity contribution in [3.8, 4) is 5.75 Å². The quantitative estimate of drug-likeness (QED) is 0.635. The molecule has 4 rings (SSSR count). The zero-order valence-electron chi connectivity index (χ0n) is 17.3. The molecule has 0 saturated carbocycles. The Balaban J connectivity index is 1.62. The van der Waals surface area contributed by atoms with E-state index in [-0.39, 0.29) is 11.7 Å². The van der Waals surface area contributed by atoms with E-state index in [2.05, 4.69) is 5.32 Å². The molecule has 1 N–H and O–H groups in total. The van der Waals surface area contributed by atoms with Crippen molar-refractivity contribution in [3.63, 3.8) is 0 Å². The van der Waals surface area contributed by atoms with Crippen LogP contribution in [0.25, 0.3) is 11.0 Å². The Morgan fingerprint density at radius 1 is 1.06 bits per heavy atom. The van der Waals surface area contributed by atoms with Crippen molar-refractivity contribution in [2.24, 2.45) is 0 Å². The number of carbonyl (C=O) groups is 2. The number of amides is 2. The Hall–Kier alpha value is -3.03. The highest BCUT2D eigenvalue weighted by Gasteiger charge is 2.34. The molecule has 0 aliphatic carbocycles. The fourth-order valence-corrected chi connectivity index (χ4v) is 3.46. The van der Waals surface area contributed by atoms with Crippen molar-refractivity contribution in [2.45, 2.75) is 19.4 Å². The predicted octanol–water partition coefficient (Wildman–Crippen LogP) is 4.35. The van der Waals surface area contributed by atoms with E-state index in [0.29, 0.717) is 53.7 Å². The molecule has 3 aromatic rings. The summed E-state index contributed by atoms with van der Waals surface area (Å²) >= 11 is 5.92. The summed E-state index contributed by atoms with van der Waals surface area (Å²) in [6, 6.07) is 14.0. The van der Waals surface area contributed by atoms with Crippen LogP contribution in [-0.2, 0) is 9.53 Å². The van der Waals surface area contributed by atoms with Gasteiger partial charge < -0.3 is 24.1 Å². The van der Waals surface area contributed by atoms with Crippen molar-refractivity contribution in [1.82, 2.24) is 4.90 Å². The van der Waals surface area contributed by atoms with Crippen LogP contribution in [0.5, 0.6) is 5.75 Å². The number of para-hydroxylation sites is 1. The van der Waals surface area contributed by atoms with Gasteiger partial charge >= 0.3 is 0 Å². The first-order valence-corrected chi connectivity index (χ1v) is 10.4. The summed E-state index contributed by atoms with van der Waals surface area (Å²) in [6.45, 7) is 5.18. The van der Waals surface area contributed by atoms with Gasteiger partial charge in [-0.1, -0.05) is 23.7 Å². The number of ether oxygens (including phenoxy) is 2. The van der Waals surface area contributed by atoms with Crippen LogP contribution < -0.4 is 10.1 Å². The van der Waals surface area contributed by atoms with Crippen molar-refractivity contribution in [1.29, 1.82) is 0 Å². The predicted molar refractivity (Wildman–Crippen MR) is 118 cm³/mol. The smallest absolute Gasteiger partial charge is 0.291 e. The maximum Gasteiger partial charge on any atom is 0.291 e. The van der Waals surface area contributed by atoms with E-state index in [9.17, 15) is 9.59 Å². The summed E-state index contributed by atoms with van der Waals surface area (Å²) in [4.78, 5) is 27.9. The molecular weight excluding hydrogens is 420 g/mol. The third kappa shape index (κ3) is 4.52. The lowest BCUT2D eigenvalue weighted by molar-refractivity contribution is -0.128. The highest BCUT2D eigenvalue weighted by Crippen LogP contribution is 2.33. The molecule has 0 unspecified atom stereocenters. The number of rotatable bonds is 5. The van der Waals surface area contributed by atoms with Crippen LogP contribution in [0.15, 0.2) is 52.9 Å². The molecule has 162 valence electrons. The zero-order valence-corrected chi connectivity index (χ0v) is 18.1. The number of anilines is 1. The Morgan fingerprint density at radius 2 is 1.74 bits per heavy atom. The van der Waals surface area contributed by atoms with E-state index in [1.54, 1.807) is 55.1 Å². The van der Waals surface area contributed by atoms with Crippen LogP contribution >= 0.6 is 11.6 Å². The summed E-state index contributed by atoms with van der Waals surface area (Å²) in [5, 5.41) is 4.09. The fraction of sp³-hybridized carbons (Fsp3) is 0.304. The molecule has 0 spiro atoms. The maximum absolute atomic E-state index is 13.1. The molecule has 2 heterocycles. The number of nitrogens with one attached hydrogen (secondary N) is 1. The average Bonchev–Trinajstić information content (AvgIpc) is 3.13. The van der Waals surface area contributed by atoms with E-state index >= 15 is 0 Å². The van der Waals surface area contributed by atoms with Crippen LogP contribution in [-0.4, -0.2) is 48.6 Å². The summed E-state index contributed by atoms with van der Waals surface area (Å²) in [7, 11) is 0. The summed E-state index contributed by atoms with van der Waals surface area (Å²) in [5.41, 5.74) is -0.360. The largest absolute Gasteiger partial charge is 0.478 e. The number of hydrogen-bond donors (Lipinski definition) is 1. The van der Waals surface area contributed by atoms with Gasteiger partial charge in [0.1, 0.15) is 17.0 Å². The second-order valence-electron chi connectivity index (χ2n) is 7.73. The Kier molecular flexibility index (Phi) is 5.89. The topological polar surface area (TPSA) is 81.0 Å². The number of nitrogens with zero attached hydrogens (tertiary/aromatic N) is 1. The van der Waals surface area contributed by atoms with Gasteiger partial charge in [0.25, 0.3) is 11.8 Å². The SMILES string of the molecule is CC(C)(Oc1ccc(Cl)cc1)C(=O)Nc1c(C(=O)N2CCOCC2)oc2ccccc12. The maximum atomic E-state index is 13.1. The van der Waals surface area contributed by atoms with Crippen LogP contribution in [0.2, 0.25) is 5.02 Å². The molecule has 1 aliphatic rings. The van der Waals surface area contributed by atoms with Crippen molar-refractivity contribution in [3.05, 3.63) is 59.3 Å². The van der Waals surface area contributed by atoms with Crippen molar-refractivity contribution >= 4 is 40.1 Å². The molecule has 1 aliphatic heterocycles. The Morgan fingerprint density at radius 3 is 2.45 bits per heavy atom. The van der Waals surface area contributed by atoms with Gasteiger partial charge in [-0.25, -0.2) is 0 Å².